The Morgan fingerprint density at radius 2 is 1.63 bits per heavy atom. The second kappa shape index (κ2) is 12.5. The first kappa shape index (κ1) is 28.0. The predicted molar refractivity (Wildman–Crippen MR) is 165 cm³/mol. The number of carbonyl (C=O) groups is 2. The Morgan fingerprint density at radius 1 is 0.884 bits per heavy atom. The lowest BCUT2D eigenvalue weighted by molar-refractivity contribution is -0.123. The predicted octanol–water partition coefficient (Wildman–Crippen LogP) is 3.18. The Morgan fingerprint density at radius 3 is 2.44 bits per heavy atom. The summed E-state index contributed by atoms with van der Waals surface area (Å²) in [6, 6.07) is 16.2. The zero-order valence-electron chi connectivity index (χ0n) is 24.6. The first-order valence-corrected chi connectivity index (χ1v) is 15.9. The SMILES string of the molecule is O=C(COc1ccccc1-c1nc(N(CC(=O)NCC2CC2)C2CCC3NNCC3C2)c2ccccc2n1)NCC1CC1. The molecule has 0 radical (unpaired) electrons. The number of ether oxygens (including phenoxy) is 1. The van der Waals surface area contributed by atoms with Crippen LogP contribution in [0.2, 0.25) is 0 Å². The molecule has 7 rings (SSSR count). The zero-order valence-corrected chi connectivity index (χ0v) is 24.6. The van der Waals surface area contributed by atoms with Crippen molar-refractivity contribution in [2.75, 3.05) is 37.7 Å². The fourth-order valence-corrected chi connectivity index (χ4v) is 6.38. The molecule has 3 unspecified atom stereocenters. The molecule has 3 aromatic rings. The number of aromatic nitrogens is 2. The van der Waals surface area contributed by atoms with Gasteiger partial charge < -0.3 is 20.3 Å². The number of anilines is 1. The van der Waals surface area contributed by atoms with Gasteiger partial charge in [0, 0.05) is 37.1 Å². The van der Waals surface area contributed by atoms with E-state index in [0.29, 0.717) is 41.9 Å². The summed E-state index contributed by atoms with van der Waals surface area (Å²) in [7, 11) is 0. The molecule has 2 amide bonds. The van der Waals surface area contributed by atoms with Crippen molar-refractivity contribution in [3.63, 3.8) is 0 Å². The smallest absolute Gasteiger partial charge is 0.257 e. The molecule has 226 valence electrons. The maximum atomic E-state index is 13.3. The van der Waals surface area contributed by atoms with Gasteiger partial charge in [-0.25, -0.2) is 9.97 Å². The maximum absolute atomic E-state index is 13.3. The summed E-state index contributed by atoms with van der Waals surface area (Å²) >= 11 is 0. The highest BCUT2D eigenvalue weighted by molar-refractivity contribution is 5.93. The molecule has 1 aromatic heterocycles. The van der Waals surface area contributed by atoms with Gasteiger partial charge in [0.25, 0.3) is 5.91 Å². The first-order valence-electron chi connectivity index (χ1n) is 15.9. The van der Waals surface area contributed by atoms with E-state index in [4.69, 9.17) is 14.7 Å². The summed E-state index contributed by atoms with van der Waals surface area (Å²) in [5, 5.41) is 7.06. The van der Waals surface area contributed by atoms with E-state index in [1.54, 1.807) is 0 Å². The molecule has 3 saturated carbocycles. The number of hydrogen-bond acceptors (Lipinski definition) is 8. The van der Waals surface area contributed by atoms with Crippen LogP contribution in [0.1, 0.15) is 44.9 Å². The highest BCUT2D eigenvalue weighted by atomic mass is 16.5. The summed E-state index contributed by atoms with van der Waals surface area (Å²) in [5.74, 6) is 3.47. The quantitative estimate of drug-likeness (QED) is 0.257. The fourth-order valence-electron chi connectivity index (χ4n) is 6.38. The van der Waals surface area contributed by atoms with Gasteiger partial charge >= 0.3 is 0 Å². The molecule has 4 aliphatic rings. The standard InChI is InChI=1S/C33H41N7O3/c41-30(34-16-21-9-10-21)19-40(24-13-14-27-23(15-24)18-36-39-27)33-25-5-1-3-7-28(25)37-32(38-33)26-6-2-4-8-29(26)43-20-31(42)35-17-22-11-12-22/h1-8,21-24,27,36,39H,9-20H2,(H,34,41)(H,35,42). The minimum atomic E-state index is -0.128. The van der Waals surface area contributed by atoms with Crippen LogP contribution in [-0.2, 0) is 9.59 Å². The van der Waals surface area contributed by atoms with E-state index in [-0.39, 0.29) is 31.0 Å². The third-order valence-electron chi connectivity index (χ3n) is 9.27. The van der Waals surface area contributed by atoms with Gasteiger partial charge in [-0.15, -0.1) is 0 Å². The van der Waals surface area contributed by atoms with Gasteiger partial charge in [-0.2, -0.15) is 0 Å². The summed E-state index contributed by atoms with van der Waals surface area (Å²) in [6.07, 6.45) is 7.73. The van der Waals surface area contributed by atoms with E-state index in [1.807, 2.05) is 48.5 Å². The Kier molecular flexibility index (Phi) is 8.12. The molecule has 1 saturated heterocycles. The first-order chi connectivity index (χ1) is 21.1. The Balaban J connectivity index is 1.21. The highest BCUT2D eigenvalue weighted by Crippen LogP contribution is 2.37. The van der Waals surface area contributed by atoms with Crippen molar-refractivity contribution < 1.29 is 14.3 Å². The Hall–Kier alpha value is -3.76. The number of para-hydroxylation sites is 2. The Labute approximate surface area is 252 Å². The van der Waals surface area contributed by atoms with Crippen molar-refractivity contribution in [1.29, 1.82) is 0 Å². The monoisotopic (exact) mass is 583 g/mol. The molecule has 2 aromatic carbocycles. The van der Waals surface area contributed by atoms with Gasteiger partial charge in [-0.3, -0.25) is 20.4 Å². The average Bonchev–Trinajstić information content (AvgIpc) is 3.98. The van der Waals surface area contributed by atoms with Gasteiger partial charge in [-0.05, 0) is 87.0 Å². The minimum absolute atomic E-state index is 0.0295. The lowest BCUT2D eigenvalue weighted by Gasteiger charge is -2.39. The summed E-state index contributed by atoms with van der Waals surface area (Å²) < 4.78 is 6.02. The van der Waals surface area contributed by atoms with Crippen LogP contribution >= 0.6 is 0 Å². The lowest BCUT2D eigenvalue weighted by atomic mass is 9.82. The number of fused-ring (bicyclic) bond motifs is 2. The normalized spacial score (nSPS) is 23.0. The number of hydrogen-bond donors (Lipinski definition) is 4. The second-order valence-corrected chi connectivity index (χ2v) is 12.7. The number of amides is 2. The molecular weight excluding hydrogens is 542 g/mol. The average molecular weight is 584 g/mol. The second-order valence-electron chi connectivity index (χ2n) is 12.7. The molecule has 10 heteroatoms. The number of benzene rings is 2. The van der Waals surface area contributed by atoms with E-state index in [2.05, 4.69) is 26.4 Å². The van der Waals surface area contributed by atoms with E-state index in [0.717, 1.165) is 54.6 Å². The van der Waals surface area contributed by atoms with Gasteiger partial charge in [0.05, 0.1) is 17.6 Å². The van der Waals surface area contributed by atoms with Crippen molar-refractivity contribution in [2.24, 2.45) is 17.8 Å². The van der Waals surface area contributed by atoms with E-state index >= 15 is 0 Å². The Bertz CT molecular complexity index is 1470. The van der Waals surface area contributed by atoms with E-state index in [1.165, 1.54) is 25.7 Å². The van der Waals surface area contributed by atoms with Crippen LogP contribution in [0, 0.1) is 17.8 Å². The molecule has 2 heterocycles. The van der Waals surface area contributed by atoms with Crippen LogP contribution in [-0.4, -0.2) is 66.7 Å². The topological polar surface area (TPSA) is 121 Å². The van der Waals surface area contributed by atoms with Gasteiger partial charge in [0.2, 0.25) is 5.91 Å². The number of hydrazine groups is 1. The molecule has 0 spiro atoms. The fraction of sp³-hybridized carbons (Fsp3) is 0.515. The van der Waals surface area contributed by atoms with Crippen LogP contribution in [0.3, 0.4) is 0 Å². The zero-order chi connectivity index (χ0) is 29.2. The largest absolute Gasteiger partial charge is 0.483 e. The van der Waals surface area contributed by atoms with Gasteiger partial charge in [0.15, 0.2) is 12.4 Å². The third kappa shape index (κ3) is 6.75. The number of nitrogens with one attached hydrogen (secondary N) is 4. The summed E-state index contributed by atoms with van der Waals surface area (Å²) in [5.41, 5.74) is 8.28. The van der Waals surface area contributed by atoms with E-state index in [9.17, 15) is 9.59 Å². The number of nitrogens with zero attached hydrogens (tertiary/aromatic N) is 3. The van der Waals surface area contributed by atoms with E-state index < -0.39 is 0 Å². The van der Waals surface area contributed by atoms with Gasteiger partial charge in [-0.1, -0.05) is 24.3 Å². The van der Waals surface area contributed by atoms with Gasteiger partial charge in [0.1, 0.15) is 11.6 Å². The van der Waals surface area contributed by atoms with Crippen molar-refractivity contribution in [3.05, 3.63) is 48.5 Å². The minimum Gasteiger partial charge on any atom is -0.483 e. The molecule has 0 bridgehead atoms. The van der Waals surface area contributed by atoms with Crippen molar-refractivity contribution >= 4 is 28.5 Å². The number of carbonyl (C=O) groups excluding carboxylic acids is 2. The molecule has 1 aliphatic heterocycles. The summed E-state index contributed by atoms with van der Waals surface area (Å²) in [6.45, 7) is 2.56. The van der Waals surface area contributed by atoms with Crippen LogP contribution in [0.25, 0.3) is 22.3 Å². The molecule has 3 aliphatic carbocycles. The van der Waals surface area contributed by atoms with Crippen LogP contribution in [0.4, 0.5) is 5.82 Å². The molecule has 43 heavy (non-hydrogen) atoms. The number of rotatable bonds is 12. The molecule has 4 N–H and O–H groups in total. The van der Waals surface area contributed by atoms with Crippen LogP contribution < -0.4 is 31.1 Å². The molecule has 10 nitrogen and oxygen atoms in total. The summed E-state index contributed by atoms with van der Waals surface area (Å²) in [4.78, 5) is 38.1. The van der Waals surface area contributed by atoms with Crippen molar-refractivity contribution in [1.82, 2.24) is 31.5 Å². The van der Waals surface area contributed by atoms with Crippen LogP contribution in [0.15, 0.2) is 48.5 Å². The molecule has 4 fully saturated rings. The lowest BCUT2D eigenvalue weighted by Crippen LogP contribution is -2.48. The third-order valence-corrected chi connectivity index (χ3v) is 9.27. The molecular formula is C33H41N7O3. The van der Waals surface area contributed by atoms with Crippen molar-refractivity contribution in [3.8, 4) is 17.1 Å². The highest BCUT2D eigenvalue weighted by Gasteiger charge is 2.38. The van der Waals surface area contributed by atoms with Crippen LogP contribution in [0.5, 0.6) is 5.75 Å². The van der Waals surface area contributed by atoms with Crippen molar-refractivity contribution in [2.45, 2.75) is 57.0 Å². The molecule has 3 atom stereocenters. The maximum Gasteiger partial charge on any atom is 0.257 e.